The summed E-state index contributed by atoms with van der Waals surface area (Å²) in [4.78, 5) is 65.7. The molecule has 0 bridgehead atoms. The number of amides is 5. The number of carbonyl (C=O) groups is 5. The standard InChI is InChI=1S/C41H75N9O12S2/c1-39(2,3)10-14-56-16-18-58-20-22-60-23-21-59-19-17-57-15-13-50-27-32(47-49-50)28-61-38(55)43-12-11-42-34(51)24-44-35(52)25-45-36(53)26-46-37(54)29-62-48-33(30-63-40(4,5)6)31-64-41(7,8)9/h27H,10-26,28-31H2,1-9H3,(H,42,51)(H,43,55)(H,44,52)(H,45,53)(H,46,54). The summed E-state index contributed by atoms with van der Waals surface area (Å²) in [7, 11) is 0. The second-order valence-electron chi connectivity index (χ2n) is 17.3. The Hall–Kier alpha value is -3.74. The topological polar surface area (TPSA) is 253 Å². The summed E-state index contributed by atoms with van der Waals surface area (Å²) in [5.41, 5.74) is 1.53. The second-order valence-corrected chi connectivity index (χ2v) is 20.9. The van der Waals surface area contributed by atoms with E-state index < -0.39 is 36.3 Å². The van der Waals surface area contributed by atoms with E-state index >= 15 is 0 Å². The van der Waals surface area contributed by atoms with Crippen LogP contribution in [0.2, 0.25) is 0 Å². The molecule has 1 aromatic rings. The van der Waals surface area contributed by atoms with Gasteiger partial charge in [-0.1, -0.05) is 72.7 Å². The van der Waals surface area contributed by atoms with Gasteiger partial charge in [-0.3, -0.25) is 19.2 Å². The number of oxime groups is 1. The minimum Gasteiger partial charge on any atom is -0.443 e. The Morgan fingerprint density at radius 1 is 0.609 bits per heavy atom. The number of hydrogen-bond donors (Lipinski definition) is 5. The van der Waals surface area contributed by atoms with Crippen LogP contribution in [0.1, 0.15) is 74.4 Å². The van der Waals surface area contributed by atoms with Gasteiger partial charge in [0, 0.05) is 40.7 Å². The zero-order valence-corrected chi connectivity index (χ0v) is 41.1. The van der Waals surface area contributed by atoms with Gasteiger partial charge in [-0.25, -0.2) is 9.48 Å². The molecule has 0 fully saturated rings. The summed E-state index contributed by atoms with van der Waals surface area (Å²) in [5, 5.41) is 24.3. The maximum Gasteiger partial charge on any atom is 0.407 e. The minimum atomic E-state index is -0.717. The predicted octanol–water partition coefficient (Wildman–Crippen LogP) is 1.92. The molecule has 23 heteroatoms. The lowest BCUT2D eigenvalue weighted by atomic mass is 9.93. The Bertz CT molecular complexity index is 1500. The predicted molar refractivity (Wildman–Crippen MR) is 246 cm³/mol. The molecule has 0 saturated carbocycles. The first-order valence-electron chi connectivity index (χ1n) is 21.4. The number of alkyl carbamates (subject to hydrolysis) is 1. The molecular formula is C41H75N9O12S2. The number of carbonyl (C=O) groups excluding carboxylic acids is 5. The molecule has 1 aromatic heterocycles. The monoisotopic (exact) mass is 949 g/mol. The van der Waals surface area contributed by atoms with Crippen LogP contribution in [0.15, 0.2) is 11.4 Å². The van der Waals surface area contributed by atoms with E-state index in [0.717, 1.165) is 18.7 Å². The lowest BCUT2D eigenvalue weighted by Crippen LogP contribution is -2.45. The first kappa shape index (κ1) is 58.3. The highest BCUT2D eigenvalue weighted by Crippen LogP contribution is 2.27. The highest BCUT2D eigenvalue weighted by Gasteiger charge is 2.17. The molecule has 0 spiro atoms. The first-order chi connectivity index (χ1) is 30.2. The molecule has 0 aliphatic carbocycles. The Labute approximate surface area is 387 Å². The maximum atomic E-state index is 12.2. The van der Waals surface area contributed by atoms with Crippen LogP contribution < -0.4 is 26.6 Å². The van der Waals surface area contributed by atoms with Crippen molar-refractivity contribution in [2.24, 2.45) is 10.6 Å². The Morgan fingerprint density at radius 2 is 1.06 bits per heavy atom. The highest BCUT2D eigenvalue weighted by atomic mass is 32.2. The third-order valence-electron chi connectivity index (χ3n) is 7.67. The van der Waals surface area contributed by atoms with Gasteiger partial charge in [0.15, 0.2) is 6.61 Å². The van der Waals surface area contributed by atoms with E-state index in [1.54, 1.807) is 34.4 Å². The van der Waals surface area contributed by atoms with Crippen molar-refractivity contribution in [2.45, 2.75) is 91.4 Å². The van der Waals surface area contributed by atoms with Gasteiger partial charge in [0.2, 0.25) is 17.7 Å². The van der Waals surface area contributed by atoms with Crippen LogP contribution in [0.5, 0.6) is 0 Å². The van der Waals surface area contributed by atoms with Crippen molar-refractivity contribution in [2.75, 3.05) is 117 Å². The van der Waals surface area contributed by atoms with E-state index in [4.69, 9.17) is 33.3 Å². The molecule has 21 nitrogen and oxygen atoms in total. The molecule has 0 aliphatic rings. The van der Waals surface area contributed by atoms with Crippen molar-refractivity contribution in [1.29, 1.82) is 0 Å². The molecule has 1 rings (SSSR count). The van der Waals surface area contributed by atoms with Crippen LogP contribution in [-0.2, 0) is 65.6 Å². The Morgan fingerprint density at radius 3 is 1.56 bits per heavy atom. The molecule has 0 aliphatic heterocycles. The molecule has 5 amide bonds. The average Bonchev–Trinajstić information content (AvgIpc) is 3.67. The molecule has 1 heterocycles. The van der Waals surface area contributed by atoms with Crippen LogP contribution in [0.4, 0.5) is 4.79 Å². The number of rotatable bonds is 35. The number of nitrogens with one attached hydrogen (secondary N) is 5. The third kappa shape index (κ3) is 37.6. The average molecular weight is 950 g/mol. The molecular weight excluding hydrogens is 875 g/mol. The summed E-state index contributed by atoms with van der Waals surface area (Å²) in [6, 6.07) is 0. The van der Waals surface area contributed by atoms with Crippen molar-refractivity contribution < 1.29 is 57.2 Å². The summed E-state index contributed by atoms with van der Waals surface area (Å²) < 4.78 is 34.4. The molecule has 0 aromatic carbocycles. The first-order valence-corrected chi connectivity index (χ1v) is 23.4. The molecule has 0 atom stereocenters. The van der Waals surface area contributed by atoms with Gasteiger partial charge in [0.05, 0.1) is 97.5 Å². The molecule has 5 N–H and O–H groups in total. The normalized spacial score (nSPS) is 11.7. The number of thioether (sulfide) groups is 2. The minimum absolute atomic E-state index is 0.0417. The van der Waals surface area contributed by atoms with Gasteiger partial charge >= 0.3 is 6.09 Å². The zero-order chi connectivity index (χ0) is 47.7. The SMILES string of the molecule is CC(C)(C)CCOCCOCCOCCOCCOCCn1cc(COC(=O)NCCNC(=O)CNC(=O)CNC(=O)CNC(=O)CON=C(CSC(C)(C)C)CSC(C)(C)C)nn1. The molecule has 64 heavy (non-hydrogen) atoms. The van der Waals surface area contributed by atoms with E-state index in [-0.39, 0.29) is 54.3 Å². The summed E-state index contributed by atoms with van der Waals surface area (Å²) >= 11 is 3.45. The van der Waals surface area contributed by atoms with Crippen molar-refractivity contribution in [1.82, 2.24) is 41.6 Å². The fourth-order valence-corrected chi connectivity index (χ4v) is 5.88. The second kappa shape index (κ2) is 33.7. The van der Waals surface area contributed by atoms with Gasteiger partial charge in [0.25, 0.3) is 5.91 Å². The summed E-state index contributed by atoms with van der Waals surface area (Å²) in [6.45, 7) is 23.2. The zero-order valence-electron chi connectivity index (χ0n) is 39.4. The Kier molecular flexibility index (Phi) is 30.7. The summed E-state index contributed by atoms with van der Waals surface area (Å²) in [5.74, 6) is -0.962. The van der Waals surface area contributed by atoms with Crippen molar-refractivity contribution >= 4 is 59.0 Å². The van der Waals surface area contributed by atoms with Crippen molar-refractivity contribution in [3.8, 4) is 0 Å². The quantitative estimate of drug-likeness (QED) is 0.0370. The number of aromatic nitrogens is 3. The van der Waals surface area contributed by atoms with E-state index in [1.807, 2.05) is 0 Å². The molecule has 0 unspecified atom stereocenters. The number of hydrogen-bond acceptors (Lipinski definition) is 17. The number of nitrogens with zero attached hydrogens (tertiary/aromatic N) is 4. The van der Waals surface area contributed by atoms with Crippen LogP contribution in [0.25, 0.3) is 0 Å². The van der Waals surface area contributed by atoms with Gasteiger partial charge in [0.1, 0.15) is 12.3 Å². The lowest BCUT2D eigenvalue weighted by Gasteiger charge is -2.20. The van der Waals surface area contributed by atoms with E-state index in [1.165, 1.54) is 0 Å². The van der Waals surface area contributed by atoms with E-state index in [9.17, 15) is 24.0 Å². The largest absolute Gasteiger partial charge is 0.443 e. The number of ether oxygens (including phenoxy) is 6. The van der Waals surface area contributed by atoms with E-state index in [0.29, 0.717) is 83.2 Å². The molecule has 0 radical (unpaired) electrons. The summed E-state index contributed by atoms with van der Waals surface area (Å²) in [6.07, 6.45) is 1.93. The van der Waals surface area contributed by atoms with E-state index in [2.05, 4.69) is 104 Å². The smallest absolute Gasteiger partial charge is 0.407 e. The van der Waals surface area contributed by atoms with Crippen LogP contribution >= 0.6 is 23.5 Å². The molecule has 368 valence electrons. The Balaban J connectivity index is 2.05. The van der Waals surface area contributed by atoms with Gasteiger partial charge in [-0.05, 0) is 11.8 Å². The van der Waals surface area contributed by atoms with Crippen LogP contribution in [0, 0.1) is 5.41 Å². The van der Waals surface area contributed by atoms with Crippen molar-refractivity contribution in [3.05, 3.63) is 11.9 Å². The van der Waals surface area contributed by atoms with Crippen LogP contribution in [-0.4, -0.2) is 177 Å². The lowest BCUT2D eigenvalue weighted by molar-refractivity contribution is -0.130. The fraction of sp³-hybridized carbons (Fsp3) is 0.805. The third-order valence-corrected chi connectivity index (χ3v) is 10.4. The fourth-order valence-electron chi connectivity index (χ4n) is 4.24. The maximum absolute atomic E-state index is 12.2. The van der Waals surface area contributed by atoms with Gasteiger partial charge in [-0.2, -0.15) is 0 Å². The van der Waals surface area contributed by atoms with Gasteiger partial charge < -0.3 is 59.8 Å². The highest BCUT2D eigenvalue weighted by molar-refractivity contribution is 8.02. The molecule has 0 saturated heterocycles. The van der Waals surface area contributed by atoms with Gasteiger partial charge in [-0.15, -0.1) is 28.6 Å². The van der Waals surface area contributed by atoms with Crippen LogP contribution in [0.3, 0.4) is 0 Å². The van der Waals surface area contributed by atoms with Crippen molar-refractivity contribution in [3.63, 3.8) is 0 Å².